The van der Waals surface area contributed by atoms with Crippen LogP contribution in [-0.4, -0.2) is 68.6 Å². The van der Waals surface area contributed by atoms with E-state index in [0.717, 1.165) is 44.7 Å². The Hall–Kier alpha value is -3.82. The van der Waals surface area contributed by atoms with Crippen LogP contribution >= 0.6 is 0 Å². The third-order valence-corrected chi connectivity index (χ3v) is 6.45. The number of carboxylic acids is 2. The monoisotopic (exact) mass is 491 g/mol. The van der Waals surface area contributed by atoms with Crippen molar-refractivity contribution in [3.05, 3.63) is 89.0 Å². The van der Waals surface area contributed by atoms with E-state index in [4.69, 9.17) is 29.5 Å². The van der Waals surface area contributed by atoms with E-state index in [-0.39, 0.29) is 18.0 Å². The van der Waals surface area contributed by atoms with E-state index in [2.05, 4.69) is 40.8 Å². The summed E-state index contributed by atoms with van der Waals surface area (Å²) in [7, 11) is 2.16. The second-order valence-electron chi connectivity index (χ2n) is 8.95. The van der Waals surface area contributed by atoms with Gasteiger partial charge in [0.05, 0.1) is 6.10 Å². The number of fused-ring (bicyclic) bond motifs is 2. The Balaban J connectivity index is 0.000000455. The number of piperidine rings is 1. The number of ketones is 1. The van der Waals surface area contributed by atoms with Crippen molar-refractivity contribution in [3.8, 4) is 0 Å². The summed E-state index contributed by atoms with van der Waals surface area (Å²) in [5.41, 5.74) is 3.64. The number of aromatic nitrogens is 2. The van der Waals surface area contributed by atoms with E-state index in [1.165, 1.54) is 11.1 Å². The molecule has 0 amide bonds. The van der Waals surface area contributed by atoms with Crippen molar-refractivity contribution in [2.75, 3.05) is 20.1 Å². The minimum absolute atomic E-state index is 0.0394. The molecular formula is C27H29N3O6. The van der Waals surface area contributed by atoms with Gasteiger partial charge >= 0.3 is 11.9 Å². The Morgan fingerprint density at radius 2 is 1.56 bits per heavy atom. The van der Waals surface area contributed by atoms with Gasteiger partial charge in [0.15, 0.2) is 0 Å². The third kappa shape index (κ3) is 5.87. The fourth-order valence-electron chi connectivity index (χ4n) is 4.51. The minimum Gasteiger partial charge on any atom is -0.473 e. The summed E-state index contributed by atoms with van der Waals surface area (Å²) in [4.78, 5) is 38.4. The molecule has 3 aromatic rings. The molecule has 0 radical (unpaired) electrons. The predicted molar refractivity (Wildman–Crippen MR) is 131 cm³/mol. The molecule has 36 heavy (non-hydrogen) atoms. The lowest BCUT2D eigenvalue weighted by Gasteiger charge is -2.32. The number of imidazole rings is 1. The van der Waals surface area contributed by atoms with Gasteiger partial charge in [0, 0.05) is 31.4 Å². The number of aryl methyl sites for hydroxylation is 2. The highest BCUT2D eigenvalue weighted by Gasteiger charge is 2.31. The Morgan fingerprint density at radius 1 is 0.917 bits per heavy atom. The molecule has 1 saturated heterocycles. The minimum atomic E-state index is -1.82. The van der Waals surface area contributed by atoms with Crippen LogP contribution < -0.4 is 0 Å². The van der Waals surface area contributed by atoms with Gasteiger partial charge in [-0.25, -0.2) is 14.6 Å². The van der Waals surface area contributed by atoms with E-state index in [0.29, 0.717) is 11.3 Å². The maximum Gasteiger partial charge on any atom is 0.414 e. The second-order valence-corrected chi connectivity index (χ2v) is 8.95. The van der Waals surface area contributed by atoms with Gasteiger partial charge < -0.3 is 24.4 Å². The van der Waals surface area contributed by atoms with Crippen molar-refractivity contribution in [2.45, 2.75) is 38.0 Å². The van der Waals surface area contributed by atoms with Crippen molar-refractivity contribution < 1.29 is 29.3 Å². The van der Waals surface area contributed by atoms with Crippen LogP contribution in [0.1, 0.15) is 51.9 Å². The van der Waals surface area contributed by atoms with Gasteiger partial charge in [-0.2, -0.15) is 0 Å². The first-order valence-corrected chi connectivity index (χ1v) is 11.9. The highest BCUT2D eigenvalue weighted by molar-refractivity contribution is 6.27. The lowest BCUT2D eigenvalue weighted by Crippen LogP contribution is -2.35. The van der Waals surface area contributed by atoms with E-state index in [1.54, 1.807) is 0 Å². The summed E-state index contributed by atoms with van der Waals surface area (Å²) in [6.45, 7) is 2.89. The summed E-state index contributed by atoms with van der Waals surface area (Å²) in [5.74, 6) is -2.84. The van der Waals surface area contributed by atoms with Crippen molar-refractivity contribution in [2.24, 2.45) is 0 Å². The number of carbonyl (C=O) groups excluding carboxylic acids is 1. The molecule has 9 nitrogen and oxygen atoms in total. The van der Waals surface area contributed by atoms with Gasteiger partial charge in [0.25, 0.3) is 0 Å². The number of likely N-dealkylation sites (tertiary alicyclic amines) is 1. The van der Waals surface area contributed by atoms with Gasteiger partial charge in [0.2, 0.25) is 5.78 Å². The first kappa shape index (κ1) is 25.3. The fourth-order valence-corrected chi connectivity index (χ4v) is 4.51. The molecule has 0 bridgehead atoms. The molecule has 3 heterocycles. The lowest BCUT2D eigenvalue weighted by atomic mass is 10.00. The number of rotatable bonds is 4. The molecule has 1 aromatic heterocycles. The largest absolute Gasteiger partial charge is 0.473 e. The number of benzene rings is 2. The normalized spacial score (nSPS) is 17.6. The smallest absolute Gasteiger partial charge is 0.414 e. The molecule has 0 spiro atoms. The Morgan fingerprint density at radius 3 is 2.22 bits per heavy atom. The van der Waals surface area contributed by atoms with Crippen LogP contribution in [0.25, 0.3) is 0 Å². The van der Waals surface area contributed by atoms with Crippen LogP contribution in [0.3, 0.4) is 0 Å². The second kappa shape index (κ2) is 11.3. The molecule has 188 valence electrons. The zero-order chi connectivity index (χ0) is 25.7. The molecule has 9 heteroatoms. The van der Waals surface area contributed by atoms with Crippen LogP contribution in [0.4, 0.5) is 0 Å². The zero-order valence-electron chi connectivity index (χ0n) is 20.0. The topological polar surface area (TPSA) is 122 Å². The maximum atomic E-state index is 13.0. The Labute approximate surface area is 209 Å². The van der Waals surface area contributed by atoms with Gasteiger partial charge in [-0.1, -0.05) is 54.6 Å². The molecule has 2 aliphatic heterocycles. The van der Waals surface area contributed by atoms with Gasteiger partial charge in [0.1, 0.15) is 17.6 Å². The molecule has 2 N–H and O–H groups in total. The van der Waals surface area contributed by atoms with E-state index in [9.17, 15) is 4.79 Å². The van der Waals surface area contributed by atoms with Crippen molar-refractivity contribution in [3.63, 3.8) is 0 Å². The van der Waals surface area contributed by atoms with Gasteiger partial charge in [-0.3, -0.25) is 4.79 Å². The summed E-state index contributed by atoms with van der Waals surface area (Å²) in [6.07, 6.45) is 4.82. The number of aliphatic carboxylic acids is 2. The molecule has 1 fully saturated rings. The van der Waals surface area contributed by atoms with Crippen LogP contribution in [0.2, 0.25) is 0 Å². The molecular weight excluding hydrogens is 462 g/mol. The number of carboxylic acid groups (broad SMARTS) is 2. The standard InChI is InChI=1S/C25H27N3O2.C2H2O4/c1-27-14-12-20(13-15-27)30-24-21-10-6-5-7-18(21)11-16-28-17-22(26-25(24)28)23(29)19-8-3-2-4-9-19;3-1(4)2(5)6/h2-10,17,20,24H,11-16H2,1H3;(H,3,4)(H,5,6). The summed E-state index contributed by atoms with van der Waals surface area (Å²) >= 11 is 0. The number of nitrogens with zero attached hydrogens (tertiary/aromatic N) is 3. The molecule has 1 atom stereocenters. The molecule has 1 unspecified atom stereocenters. The summed E-state index contributed by atoms with van der Waals surface area (Å²) < 4.78 is 8.81. The average molecular weight is 492 g/mol. The van der Waals surface area contributed by atoms with E-state index >= 15 is 0 Å². The Kier molecular flexibility index (Phi) is 7.92. The van der Waals surface area contributed by atoms with Crippen molar-refractivity contribution in [1.29, 1.82) is 0 Å². The lowest BCUT2D eigenvalue weighted by molar-refractivity contribution is -0.159. The van der Waals surface area contributed by atoms with Crippen LogP contribution in [0.15, 0.2) is 60.8 Å². The number of hydrogen-bond acceptors (Lipinski definition) is 6. The number of carbonyl (C=O) groups is 3. The molecule has 0 aliphatic carbocycles. The molecule has 2 aromatic carbocycles. The SMILES string of the molecule is CN1CCC(OC2c3ccccc3CCn3cc(C(=O)c4ccccc4)nc32)CC1.O=C(O)C(=O)O. The van der Waals surface area contributed by atoms with Crippen LogP contribution in [0, 0.1) is 0 Å². The average Bonchev–Trinajstić information content (AvgIpc) is 3.26. The number of ether oxygens (including phenoxy) is 1. The highest BCUT2D eigenvalue weighted by Crippen LogP contribution is 2.34. The van der Waals surface area contributed by atoms with E-state index < -0.39 is 11.9 Å². The number of hydrogen-bond donors (Lipinski definition) is 2. The zero-order valence-corrected chi connectivity index (χ0v) is 20.0. The van der Waals surface area contributed by atoms with Gasteiger partial charge in [-0.05, 0) is 37.4 Å². The van der Waals surface area contributed by atoms with Crippen LogP contribution in [0.5, 0.6) is 0 Å². The van der Waals surface area contributed by atoms with E-state index in [1.807, 2.05) is 36.5 Å². The summed E-state index contributed by atoms with van der Waals surface area (Å²) in [6, 6.07) is 17.9. The fraction of sp³-hybridized carbons (Fsp3) is 0.333. The van der Waals surface area contributed by atoms with Gasteiger partial charge in [-0.15, -0.1) is 0 Å². The Bertz CT molecular complexity index is 1220. The molecule has 5 rings (SSSR count). The highest BCUT2D eigenvalue weighted by atomic mass is 16.5. The van der Waals surface area contributed by atoms with Crippen LogP contribution in [-0.2, 0) is 27.3 Å². The van der Waals surface area contributed by atoms with Crippen molar-refractivity contribution in [1.82, 2.24) is 14.5 Å². The molecule has 2 aliphatic rings. The first-order valence-electron chi connectivity index (χ1n) is 11.9. The summed E-state index contributed by atoms with van der Waals surface area (Å²) in [5, 5.41) is 14.8. The third-order valence-electron chi connectivity index (χ3n) is 6.45. The predicted octanol–water partition coefficient (Wildman–Crippen LogP) is 3.03. The molecule has 0 saturated carbocycles. The van der Waals surface area contributed by atoms with Crippen molar-refractivity contribution >= 4 is 17.7 Å². The quantitative estimate of drug-likeness (QED) is 0.422. The first-order chi connectivity index (χ1) is 17.3. The maximum absolute atomic E-state index is 13.0.